The minimum absolute atomic E-state index is 0.259. The summed E-state index contributed by atoms with van der Waals surface area (Å²) in [5, 5.41) is 8.81. The molecule has 0 aliphatic rings. The quantitative estimate of drug-likeness (QED) is 0.771. The molecule has 0 amide bonds. The number of rotatable bonds is 5. The van der Waals surface area contributed by atoms with Gasteiger partial charge in [0.15, 0.2) is 0 Å². The summed E-state index contributed by atoms with van der Waals surface area (Å²) >= 11 is 0. The molecule has 0 aliphatic carbocycles. The SMILES string of the molecule is CN(C)C(CCCO)c1ccncc1. The Morgan fingerprint density at radius 2 is 2.00 bits per heavy atom. The lowest BCUT2D eigenvalue weighted by atomic mass is 10.0. The fraction of sp³-hybridized carbons (Fsp3) is 0.545. The van der Waals surface area contributed by atoms with E-state index in [1.807, 2.05) is 24.5 Å². The Labute approximate surface area is 85.4 Å². The van der Waals surface area contributed by atoms with Gasteiger partial charge >= 0.3 is 0 Å². The van der Waals surface area contributed by atoms with Crippen molar-refractivity contribution in [3.63, 3.8) is 0 Å². The Morgan fingerprint density at radius 1 is 1.36 bits per heavy atom. The lowest BCUT2D eigenvalue weighted by Gasteiger charge is -2.24. The van der Waals surface area contributed by atoms with Crippen molar-refractivity contribution < 1.29 is 5.11 Å². The van der Waals surface area contributed by atoms with Crippen molar-refractivity contribution in [2.75, 3.05) is 20.7 Å². The highest BCUT2D eigenvalue weighted by Crippen LogP contribution is 2.22. The van der Waals surface area contributed by atoms with Crippen LogP contribution in [0.5, 0.6) is 0 Å². The summed E-state index contributed by atoms with van der Waals surface area (Å²) in [6.07, 6.45) is 5.44. The second-order valence-corrected chi connectivity index (χ2v) is 3.63. The fourth-order valence-electron chi connectivity index (χ4n) is 1.59. The second-order valence-electron chi connectivity index (χ2n) is 3.63. The summed E-state index contributed by atoms with van der Waals surface area (Å²) in [7, 11) is 4.12. The van der Waals surface area contributed by atoms with Crippen LogP contribution in [0.1, 0.15) is 24.4 Å². The summed E-state index contributed by atoms with van der Waals surface area (Å²) in [6, 6.07) is 4.44. The van der Waals surface area contributed by atoms with Gasteiger partial charge in [-0.15, -0.1) is 0 Å². The molecule has 78 valence electrons. The fourth-order valence-corrected chi connectivity index (χ4v) is 1.59. The predicted octanol–water partition coefficient (Wildman–Crippen LogP) is 1.46. The summed E-state index contributed by atoms with van der Waals surface area (Å²) < 4.78 is 0. The zero-order valence-corrected chi connectivity index (χ0v) is 8.85. The molecule has 1 aromatic heterocycles. The number of aromatic nitrogens is 1. The first-order chi connectivity index (χ1) is 6.75. The number of nitrogens with zero attached hydrogens (tertiary/aromatic N) is 2. The zero-order valence-electron chi connectivity index (χ0n) is 8.85. The highest BCUT2D eigenvalue weighted by Gasteiger charge is 2.12. The van der Waals surface area contributed by atoms with Gasteiger partial charge in [0.2, 0.25) is 0 Å². The highest BCUT2D eigenvalue weighted by atomic mass is 16.2. The van der Waals surface area contributed by atoms with Crippen LogP contribution in [0.25, 0.3) is 0 Å². The van der Waals surface area contributed by atoms with Gasteiger partial charge in [0, 0.05) is 25.0 Å². The molecule has 1 N–H and O–H groups in total. The number of aliphatic hydroxyl groups is 1. The molecule has 0 bridgehead atoms. The number of hydrogen-bond donors (Lipinski definition) is 1. The van der Waals surface area contributed by atoms with Gasteiger partial charge in [0.05, 0.1) is 0 Å². The van der Waals surface area contributed by atoms with Crippen LogP contribution in [0.2, 0.25) is 0 Å². The van der Waals surface area contributed by atoms with E-state index >= 15 is 0 Å². The highest BCUT2D eigenvalue weighted by molar-refractivity contribution is 5.14. The third-order valence-corrected chi connectivity index (χ3v) is 2.35. The molecule has 0 radical (unpaired) electrons. The minimum Gasteiger partial charge on any atom is -0.396 e. The van der Waals surface area contributed by atoms with E-state index in [-0.39, 0.29) is 6.61 Å². The van der Waals surface area contributed by atoms with Gasteiger partial charge < -0.3 is 10.0 Å². The molecular formula is C11H18N2O. The van der Waals surface area contributed by atoms with Crippen molar-refractivity contribution in [3.8, 4) is 0 Å². The van der Waals surface area contributed by atoms with Crippen molar-refractivity contribution in [2.24, 2.45) is 0 Å². The molecule has 1 aromatic rings. The lowest BCUT2D eigenvalue weighted by molar-refractivity contribution is 0.235. The molecule has 1 atom stereocenters. The Morgan fingerprint density at radius 3 is 2.50 bits per heavy atom. The van der Waals surface area contributed by atoms with Gasteiger partial charge in [-0.2, -0.15) is 0 Å². The lowest BCUT2D eigenvalue weighted by Crippen LogP contribution is -2.20. The predicted molar refractivity (Wildman–Crippen MR) is 57.0 cm³/mol. The van der Waals surface area contributed by atoms with Crippen molar-refractivity contribution in [2.45, 2.75) is 18.9 Å². The smallest absolute Gasteiger partial charge is 0.0431 e. The Bertz CT molecular complexity index is 249. The third-order valence-electron chi connectivity index (χ3n) is 2.35. The molecule has 1 rings (SSSR count). The van der Waals surface area contributed by atoms with Crippen LogP contribution < -0.4 is 0 Å². The average Bonchev–Trinajstić information content (AvgIpc) is 2.19. The number of aliphatic hydroxyl groups excluding tert-OH is 1. The molecule has 0 spiro atoms. The van der Waals surface area contributed by atoms with E-state index in [1.165, 1.54) is 5.56 Å². The van der Waals surface area contributed by atoms with Crippen LogP contribution in [0.15, 0.2) is 24.5 Å². The maximum atomic E-state index is 8.81. The van der Waals surface area contributed by atoms with Gasteiger partial charge in [-0.25, -0.2) is 0 Å². The van der Waals surface area contributed by atoms with E-state index in [9.17, 15) is 0 Å². The Balaban J connectivity index is 2.68. The second kappa shape index (κ2) is 5.73. The van der Waals surface area contributed by atoms with E-state index in [0.29, 0.717) is 6.04 Å². The maximum absolute atomic E-state index is 8.81. The van der Waals surface area contributed by atoms with Crippen molar-refractivity contribution in [1.82, 2.24) is 9.88 Å². The topological polar surface area (TPSA) is 36.4 Å². The normalized spacial score (nSPS) is 13.1. The monoisotopic (exact) mass is 194 g/mol. The Hall–Kier alpha value is -0.930. The van der Waals surface area contributed by atoms with Gasteiger partial charge in [0.1, 0.15) is 0 Å². The molecule has 1 unspecified atom stereocenters. The molecule has 0 saturated heterocycles. The van der Waals surface area contributed by atoms with E-state index in [2.05, 4.69) is 24.0 Å². The molecule has 3 nitrogen and oxygen atoms in total. The maximum Gasteiger partial charge on any atom is 0.0431 e. The van der Waals surface area contributed by atoms with E-state index in [4.69, 9.17) is 5.11 Å². The molecular weight excluding hydrogens is 176 g/mol. The molecule has 0 aromatic carbocycles. The molecule has 0 aliphatic heterocycles. The first-order valence-corrected chi connectivity index (χ1v) is 4.93. The van der Waals surface area contributed by atoms with E-state index < -0.39 is 0 Å². The van der Waals surface area contributed by atoms with Crippen LogP contribution in [0, 0.1) is 0 Å². The van der Waals surface area contributed by atoms with Crippen LogP contribution in [-0.4, -0.2) is 35.7 Å². The van der Waals surface area contributed by atoms with Crippen LogP contribution >= 0.6 is 0 Å². The Kier molecular flexibility index (Phi) is 4.56. The first-order valence-electron chi connectivity index (χ1n) is 4.93. The third kappa shape index (κ3) is 3.09. The van der Waals surface area contributed by atoms with Crippen LogP contribution in [-0.2, 0) is 0 Å². The van der Waals surface area contributed by atoms with Gasteiger partial charge in [-0.05, 0) is 44.6 Å². The summed E-state index contributed by atoms with van der Waals surface area (Å²) in [4.78, 5) is 6.17. The van der Waals surface area contributed by atoms with Gasteiger partial charge in [-0.3, -0.25) is 4.98 Å². The first kappa shape index (κ1) is 11.1. The van der Waals surface area contributed by atoms with Gasteiger partial charge in [0.25, 0.3) is 0 Å². The summed E-state index contributed by atoms with van der Waals surface area (Å²) in [5.74, 6) is 0. The van der Waals surface area contributed by atoms with Crippen molar-refractivity contribution in [3.05, 3.63) is 30.1 Å². The average molecular weight is 194 g/mol. The molecule has 0 fully saturated rings. The van der Waals surface area contributed by atoms with E-state index in [0.717, 1.165) is 12.8 Å². The van der Waals surface area contributed by atoms with Crippen LogP contribution in [0.3, 0.4) is 0 Å². The van der Waals surface area contributed by atoms with E-state index in [1.54, 1.807) is 0 Å². The number of hydrogen-bond acceptors (Lipinski definition) is 3. The standard InChI is InChI=1S/C11H18N2O/c1-13(2)11(4-3-9-14)10-5-7-12-8-6-10/h5-8,11,14H,3-4,9H2,1-2H3. The van der Waals surface area contributed by atoms with Crippen molar-refractivity contribution >= 4 is 0 Å². The number of pyridine rings is 1. The van der Waals surface area contributed by atoms with Gasteiger partial charge in [-0.1, -0.05) is 0 Å². The summed E-state index contributed by atoms with van der Waals surface area (Å²) in [5.41, 5.74) is 1.26. The molecule has 1 heterocycles. The van der Waals surface area contributed by atoms with Crippen LogP contribution in [0.4, 0.5) is 0 Å². The largest absolute Gasteiger partial charge is 0.396 e. The summed E-state index contributed by atoms with van der Waals surface area (Å²) in [6.45, 7) is 0.259. The van der Waals surface area contributed by atoms with Crippen molar-refractivity contribution in [1.29, 1.82) is 0 Å². The molecule has 3 heteroatoms. The molecule has 0 saturated carbocycles. The molecule has 14 heavy (non-hydrogen) atoms. The zero-order chi connectivity index (χ0) is 10.4. The minimum atomic E-state index is 0.259.